The van der Waals surface area contributed by atoms with Gasteiger partial charge in [-0.25, -0.2) is 0 Å². The molecule has 2 unspecified atom stereocenters. The van der Waals surface area contributed by atoms with Crippen LogP contribution in [0.5, 0.6) is 57.5 Å². The molecule has 2 atom stereocenters. The minimum atomic E-state index is 0.488. The summed E-state index contributed by atoms with van der Waals surface area (Å²) in [6.07, 6.45) is 34.2. The first kappa shape index (κ1) is 86.5. The van der Waals surface area contributed by atoms with Crippen LogP contribution in [-0.2, 0) is 0 Å². The lowest BCUT2D eigenvalue weighted by molar-refractivity contribution is 0.260. The second-order valence-electron chi connectivity index (χ2n) is 32.0. The quantitative estimate of drug-likeness (QED) is 0.0208. The van der Waals surface area contributed by atoms with Crippen LogP contribution in [0.1, 0.15) is 314 Å². The van der Waals surface area contributed by atoms with Gasteiger partial charge in [0.25, 0.3) is 0 Å². The average Bonchev–Trinajstić information content (AvgIpc) is 0.732. The fraction of sp³-hybridized carbons (Fsp3) is 0.612. The molecular formula is C98H142O10. The van der Waals surface area contributed by atoms with Crippen LogP contribution in [0, 0.1) is 35.5 Å². The van der Waals surface area contributed by atoms with Gasteiger partial charge in [0.05, 0.1) is 77.2 Å². The normalized spacial score (nSPS) is 12.3. The maximum Gasteiger partial charge on any atom is 0.161 e. The van der Waals surface area contributed by atoms with Crippen molar-refractivity contribution in [2.45, 2.75) is 302 Å². The summed E-state index contributed by atoms with van der Waals surface area (Å²) in [5.74, 6) is 17.7. The first-order chi connectivity index (χ1) is 52.8. The van der Waals surface area contributed by atoms with E-state index in [9.17, 15) is 0 Å². The Balaban J connectivity index is 1.47. The highest BCUT2D eigenvalue weighted by Gasteiger charge is 2.24. The van der Waals surface area contributed by atoms with Gasteiger partial charge in [0.15, 0.2) is 46.0 Å². The third-order valence-corrected chi connectivity index (χ3v) is 21.4. The summed E-state index contributed by atoms with van der Waals surface area (Å²) in [6.45, 7) is 37.9. The number of benzene rings is 8. The molecule has 8 rings (SSSR count). The third kappa shape index (κ3) is 26.3. The van der Waals surface area contributed by atoms with Crippen molar-refractivity contribution in [2.24, 2.45) is 23.7 Å². The molecule has 0 saturated carbocycles. The molecule has 0 spiro atoms. The molecule has 8 aromatic carbocycles. The van der Waals surface area contributed by atoms with Crippen LogP contribution in [0.15, 0.2) is 72.8 Å². The number of rotatable bonds is 56. The second-order valence-corrected chi connectivity index (χ2v) is 32.0. The van der Waals surface area contributed by atoms with E-state index in [4.69, 9.17) is 47.4 Å². The van der Waals surface area contributed by atoms with E-state index in [0.29, 0.717) is 89.7 Å². The molecule has 0 aliphatic rings. The van der Waals surface area contributed by atoms with E-state index < -0.39 is 0 Å². The van der Waals surface area contributed by atoms with E-state index in [2.05, 4.69) is 182 Å². The molecule has 10 nitrogen and oxygen atoms in total. The van der Waals surface area contributed by atoms with Gasteiger partial charge in [-0.05, 0) is 225 Å². The van der Waals surface area contributed by atoms with Crippen LogP contribution in [0.4, 0.5) is 0 Å². The fourth-order valence-corrected chi connectivity index (χ4v) is 14.6. The molecule has 0 bridgehead atoms. The van der Waals surface area contributed by atoms with Gasteiger partial charge in [-0.2, -0.15) is 0 Å². The van der Waals surface area contributed by atoms with Crippen molar-refractivity contribution >= 4 is 64.6 Å². The molecule has 0 heterocycles. The SMILES string of the molecule is CCCCCOc1cc2c3cc(C#Cc4cc5c(cc4OCCC(C)CCCC(C)C)c4cc(OCCCCC)c(OCCCCC)cc4c4cc(OCCCCC)c(OCCCCC)cc54)c(OCCC(C)CCCC(C)C)cc3c3cc(OCCCCC)c(OCCCCC)cc3c2cc1OCCCCC. The van der Waals surface area contributed by atoms with Crippen LogP contribution in [0.25, 0.3) is 64.6 Å². The van der Waals surface area contributed by atoms with Gasteiger partial charge in [0.1, 0.15) is 11.5 Å². The largest absolute Gasteiger partial charge is 0.492 e. The molecular weight excluding hydrogens is 1340 g/mol. The summed E-state index contributed by atoms with van der Waals surface area (Å²) in [5, 5.41) is 12.6. The molecule has 0 amide bonds. The second kappa shape index (κ2) is 47.8. The zero-order valence-corrected chi connectivity index (χ0v) is 70.0. The standard InChI is InChI=1S/C98H142O10/c1-15-23-31-49-99-91-63-81-77-59-75(89(107-57-47-73(13)43-39-41-71(9)10)61-79(77)83-65-93(101-51-33-25-17-3)97(105-55-37-29-21-7)69-87(83)85(81)67-95(91)103-53-35-27-19-5)45-46-76-60-78-80(62-90(76)108-58-48-74(14)44-40-42-72(11)12)84-66-94(102-52-34-26-18-4)98(106-56-38-30-22-8)70-88(84)86-68-96(104-54-36-28-20-6)92(64-82(78)86)100-50-32-24-16-2/h59-74H,15-44,47-58H2,1-14H3. The lowest BCUT2D eigenvalue weighted by atomic mass is 9.91. The van der Waals surface area contributed by atoms with Crippen LogP contribution < -0.4 is 47.4 Å². The summed E-state index contributed by atoms with van der Waals surface area (Å²) in [5.41, 5.74) is 1.59. The Morgan fingerprint density at radius 2 is 0.370 bits per heavy atom. The highest BCUT2D eigenvalue weighted by Crippen LogP contribution is 2.49. The number of unbranched alkanes of at least 4 members (excludes halogenated alkanes) is 16. The Kier molecular flexibility index (Phi) is 38.3. The van der Waals surface area contributed by atoms with Gasteiger partial charge in [-0.1, -0.05) is 250 Å². The maximum absolute atomic E-state index is 7.27. The predicted molar refractivity (Wildman–Crippen MR) is 460 cm³/mol. The van der Waals surface area contributed by atoms with Crippen molar-refractivity contribution in [3.05, 3.63) is 83.9 Å². The lowest BCUT2D eigenvalue weighted by Gasteiger charge is -2.20. The number of ether oxygens (including phenoxy) is 10. The van der Waals surface area contributed by atoms with Gasteiger partial charge in [0, 0.05) is 0 Å². The molecule has 0 aliphatic heterocycles. The molecule has 0 aromatic heterocycles. The minimum absolute atomic E-state index is 0.488. The molecule has 10 heteroatoms. The topological polar surface area (TPSA) is 92.3 Å². The Hall–Kier alpha value is -7.12. The third-order valence-electron chi connectivity index (χ3n) is 21.4. The van der Waals surface area contributed by atoms with Crippen LogP contribution >= 0.6 is 0 Å². The number of hydrogen-bond acceptors (Lipinski definition) is 10. The maximum atomic E-state index is 7.27. The van der Waals surface area contributed by atoms with E-state index in [1.807, 2.05) is 0 Å². The van der Waals surface area contributed by atoms with Gasteiger partial charge in [0.2, 0.25) is 0 Å². The van der Waals surface area contributed by atoms with Crippen molar-refractivity contribution in [3.8, 4) is 69.3 Å². The van der Waals surface area contributed by atoms with Crippen molar-refractivity contribution in [1.29, 1.82) is 0 Å². The van der Waals surface area contributed by atoms with E-state index in [1.54, 1.807) is 0 Å². The Labute approximate surface area is 653 Å². The fourth-order valence-electron chi connectivity index (χ4n) is 14.6. The van der Waals surface area contributed by atoms with Gasteiger partial charge in [-0.15, -0.1) is 0 Å². The molecule has 0 aliphatic carbocycles. The zero-order chi connectivity index (χ0) is 76.8. The Bertz CT molecular complexity index is 3780. The van der Waals surface area contributed by atoms with Crippen LogP contribution in [0.2, 0.25) is 0 Å². The van der Waals surface area contributed by atoms with Gasteiger partial charge in [-0.3, -0.25) is 0 Å². The minimum Gasteiger partial charge on any atom is -0.492 e. The summed E-state index contributed by atoms with van der Waals surface area (Å²) in [6, 6.07) is 27.1. The van der Waals surface area contributed by atoms with E-state index in [1.165, 1.54) is 25.7 Å². The molecule has 108 heavy (non-hydrogen) atoms. The van der Waals surface area contributed by atoms with E-state index in [-0.39, 0.29) is 0 Å². The first-order valence-corrected chi connectivity index (χ1v) is 43.7. The zero-order valence-electron chi connectivity index (χ0n) is 70.0. The first-order valence-electron chi connectivity index (χ1n) is 43.7. The van der Waals surface area contributed by atoms with Gasteiger partial charge < -0.3 is 47.4 Å². The van der Waals surface area contributed by atoms with Crippen LogP contribution in [0.3, 0.4) is 0 Å². The van der Waals surface area contributed by atoms with Gasteiger partial charge >= 0.3 is 0 Å². The summed E-state index contributed by atoms with van der Waals surface area (Å²) >= 11 is 0. The van der Waals surface area contributed by atoms with E-state index in [0.717, 1.165) is 313 Å². The highest BCUT2D eigenvalue weighted by atomic mass is 16.5. The van der Waals surface area contributed by atoms with Crippen LogP contribution in [-0.4, -0.2) is 66.1 Å². The Morgan fingerprint density at radius 3 is 0.556 bits per heavy atom. The summed E-state index contributed by atoms with van der Waals surface area (Å²) in [4.78, 5) is 0. The molecule has 0 radical (unpaired) electrons. The lowest BCUT2D eigenvalue weighted by Crippen LogP contribution is -2.06. The number of hydrogen-bond donors (Lipinski definition) is 0. The number of fused-ring (bicyclic) bond motifs is 12. The van der Waals surface area contributed by atoms with Crippen molar-refractivity contribution < 1.29 is 47.4 Å². The average molecular weight is 1480 g/mol. The van der Waals surface area contributed by atoms with Crippen molar-refractivity contribution in [1.82, 2.24) is 0 Å². The smallest absolute Gasteiger partial charge is 0.161 e. The van der Waals surface area contributed by atoms with E-state index >= 15 is 0 Å². The van der Waals surface area contributed by atoms with Crippen molar-refractivity contribution in [3.63, 3.8) is 0 Å². The molecule has 594 valence electrons. The molecule has 0 N–H and O–H groups in total. The monoisotopic (exact) mass is 1480 g/mol. The summed E-state index contributed by atoms with van der Waals surface area (Å²) in [7, 11) is 0. The summed E-state index contributed by atoms with van der Waals surface area (Å²) < 4.78 is 69.3. The predicted octanol–water partition coefficient (Wildman–Crippen LogP) is 29.0. The highest BCUT2D eigenvalue weighted by molar-refractivity contribution is 6.28. The Morgan fingerprint density at radius 1 is 0.194 bits per heavy atom. The molecule has 8 aromatic rings. The molecule has 0 saturated heterocycles. The van der Waals surface area contributed by atoms with Crippen molar-refractivity contribution in [2.75, 3.05) is 66.1 Å². The molecule has 0 fully saturated rings.